The number of rotatable bonds is 6. The number of hydrogen-bond acceptors (Lipinski definition) is 2. The zero-order valence-electron chi connectivity index (χ0n) is 12.8. The largest absolute Gasteiger partial charge is 0.497 e. The molecule has 2 nitrogen and oxygen atoms in total. The number of ether oxygens (including phenoxy) is 1. The van der Waals surface area contributed by atoms with E-state index >= 15 is 0 Å². The SMILES string of the molecule is CCC(C)N(Cc1ccc(F)cc1)c1ccc(OC)cc1. The van der Waals surface area contributed by atoms with Crippen LogP contribution in [0.2, 0.25) is 0 Å². The molecule has 0 aliphatic carbocycles. The minimum Gasteiger partial charge on any atom is -0.497 e. The monoisotopic (exact) mass is 287 g/mol. The summed E-state index contributed by atoms with van der Waals surface area (Å²) in [4.78, 5) is 2.33. The Balaban J connectivity index is 2.22. The molecule has 2 aromatic rings. The minimum atomic E-state index is -0.196. The Kier molecular flexibility index (Phi) is 5.20. The summed E-state index contributed by atoms with van der Waals surface area (Å²) in [5, 5.41) is 0. The highest BCUT2D eigenvalue weighted by atomic mass is 19.1. The van der Waals surface area contributed by atoms with Gasteiger partial charge in [0.25, 0.3) is 0 Å². The molecule has 3 heteroatoms. The minimum absolute atomic E-state index is 0.196. The quantitative estimate of drug-likeness (QED) is 0.767. The van der Waals surface area contributed by atoms with Crippen LogP contribution in [-0.2, 0) is 6.54 Å². The van der Waals surface area contributed by atoms with Gasteiger partial charge >= 0.3 is 0 Å². The van der Waals surface area contributed by atoms with E-state index in [2.05, 4.69) is 30.9 Å². The molecule has 2 aromatic carbocycles. The molecule has 0 aromatic heterocycles. The molecule has 0 saturated heterocycles. The Bertz CT molecular complexity index is 550. The highest BCUT2D eigenvalue weighted by Gasteiger charge is 2.13. The molecule has 0 aliphatic heterocycles. The lowest BCUT2D eigenvalue weighted by Gasteiger charge is -2.31. The van der Waals surface area contributed by atoms with E-state index in [1.54, 1.807) is 7.11 Å². The molecule has 21 heavy (non-hydrogen) atoms. The summed E-state index contributed by atoms with van der Waals surface area (Å²) in [6, 6.07) is 15.2. The fourth-order valence-corrected chi connectivity index (χ4v) is 2.28. The first-order chi connectivity index (χ1) is 10.1. The van der Waals surface area contributed by atoms with Crippen LogP contribution in [0.5, 0.6) is 5.75 Å². The molecule has 0 fully saturated rings. The highest BCUT2D eigenvalue weighted by molar-refractivity contribution is 5.50. The predicted molar refractivity (Wildman–Crippen MR) is 85.3 cm³/mol. The van der Waals surface area contributed by atoms with E-state index in [1.165, 1.54) is 12.1 Å². The summed E-state index contributed by atoms with van der Waals surface area (Å²) >= 11 is 0. The van der Waals surface area contributed by atoms with Gasteiger partial charge in [-0.3, -0.25) is 0 Å². The number of hydrogen-bond donors (Lipinski definition) is 0. The molecule has 0 aliphatic rings. The highest BCUT2D eigenvalue weighted by Crippen LogP contribution is 2.24. The van der Waals surface area contributed by atoms with Gasteiger partial charge in [0.05, 0.1) is 7.11 Å². The normalized spacial score (nSPS) is 12.0. The number of benzene rings is 2. The number of halogens is 1. The molecular formula is C18H22FNO. The second-order valence-corrected chi connectivity index (χ2v) is 5.21. The first-order valence-corrected chi connectivity index (χ1v) is 7.29. The molecule has 0 amide bonds. The number of methoxy groups -OCH3 is 1. The Labute approximate surface area is 126 Å². The summed E-state index contributed by atoms with van der Waals surface area (Å²) in [7, 11) is 1.67. The van der Waals surface area contributed by atoms with Crippen LogP contribution >= 0.6 is 0 Å². The van der Waals surface area contributed by atoms with Crippen LogP contribution in [0.1, 0.15) is 25.8 Å². The Morgan fingerprint density at radius 2 is 1.67 bits per heavy atom. The van der Waals surface area contributed by atoms with Crippen molar-refractivity contribution in [1.82, 2.24) is 0 Å². The number of anilines is 1. The molecule has 112 valence electrons. The Morgan fingerprint density at radius 3 is 2.19 bits per heavy atom. The Morgan fingerprint density at radius 1 is 1.05 bits per heavy atom. The van der Waals surface area contributed by atoms with E-state index in [0.29, 0.717) is 6.04 Å². The predicted octanol–water partition coefficient (Wildman–Crippen LogP) is 4.64. The molecular weight excluding hydrogens is 265 g/mol. The fraction of sp³-hybridized carbons (Fsp3) is 0.333. The van der Waals surface area contributed by atoms with Crippen LogP contribution in [0.25, 0.3) is 0 Å². The van der Waals surface area contributed by atoms with Gasteiger partial charge < -0.3 is 9.64 Å². The fourth-order valence-electron chi connectivity index (χ4n) is 2.28. The second-order valence-electron chi connectivity index (χ2n) is 5.21. The third kappa shape index (κ3) is 3.97. The molecule has 0 saturated carbocycles. The average molecular weight is 287 g/mol. The smallest absolute Gasteiger partial charge is 0.123 e. The van der Waals surface area contributed by atoms with Gasteiger partial charge in [-0.1, -0.05) is 19.1 Å². The molecule has 1 unspecified atom stereocenters. The van der Waals surface area contributed by atoms with Gasteiger partial charge in [-0.05, 0) is 55.3 Å². The topological polar surface area (TPSA) is 12.5 Å². The van der Waals surface area contributed by atoms with Gasteiger partial charge in [-0.2, -0.15) is 0 Å². The van der Waals surface area contributed by atoms with Gasteiger partial charge in [-0.15, -0.1) is 0 Å². The third-order valence-corrected chi connectivity index (χ3v) is 3.79. The van der Waals surface area contributed by atoms with Crippen LogP contribution in [0.15, 0.2) is 48.5 Å². The van der Waals surface area contributed by atoms with Gasteiger partial charge in [0.2, 0.25) is 0 Å². The summed E-state index contributed by atoms with van der Waals surface area (Å²) < 4.78 is 18.2. The van der Waals surface area contributed by atoms with Crippen molar-refractivity contribution in [2.75, 3.05) is 12.0 Å². The van der Waals surface area contributed by atoms with Crippen molar-refractivity contribution >= 4 is 5.69 Å². The van der Waals surface area contributed by atoms with E-state index in [4.69, 9.17) is 4.74 Å². The van der Waals surface area contributed by atoms with Crippen molar-refractivity contribution in [1.29, 1.82) is 0 Å². The van der Waals surface area contributed by atoms with Crippen molar-refractivity contribution < 1.29 is 9.13 Å². The van der Waals surface area contributed by atoms with Crippen LogP contribution in [0, 0.1) is 5.82 Å². The van der Waals surface area contributed by atoms with Crippen molar-refractivity contribution in [2.24, 2.45) is 0 Å². The van der Waals surface area contributed by atoms with Crippen LogP contribution in [0.4, 0.5) is 10.1 Å². The summed E-state index contributed by atoms with van der Waals surface area (Å²) in [6.07, 6.45) is 1.05. The van der Waals surface area contributed by atoms with E-state index in [1.807, 2.05) is 24.3 Å². The molecule has 0 heterocycles. The summed E-state index contributed by atoms with van der Waals surface area (Å²) in [5.74, 6) is 0.655. The lowest BCUT2D eigenvalue weighted by molar-refractivity contribution is 0.414. The maximum Gasteiger partial charge on any atom is 0.123 e. The molecule has 0 spiro atoms. The second kappa shape index (κ2) is 7.11. The first kappa shape index (κ1) is 15.4. The van der Waals surface area contributed by atoms with E-state index in [-0.39, 0.29) is 5.82 Å². The van der Waals surface area contributed by atoms with E-state index < -0.39 is 0 Å². The zero-order valence-corrected chi connectivity index (χ0v) is 12.8. The molecule has 0 bridgehead atoms. The third-order valence-electron chi connectivity index (χ3n) is 3.79. The zero-order chi connectivity index (χ0) is 15.2. The molecule has 0 N–H and O–H groups in total. The summed E-state index contributed by atoms with van der Waals surface area (Å²) in [5.41, 5.74) is 2.25. The molecule has 0 radical (unpaired) electrons. The Hall–Kier alpha value is -2.03. The van der Waals surface area contributed by atoms with Crippen molar-refractivity contribution in [3.63, 3.8) is 0 Å². The van der Waals surface area contributed by atoms with Gasteiger partial charge in [-0.25, -0.2) is 4.39 Å². The molecule has 2 rings (SSSR count). The first-order valence-electron chi connectivity index (χ1n) is 7.29. The van der Waals surface area contributed by atoms with Crippen molar-refractivity contribution in [2.45, 2.75) is 32.9 Å². The maximum absolute atomic E-state index is 13.0. The van der Waals surface area contributed by atoms with Crippen molar-refractivity contribution in [3.05, 3.63) is 59.9 Å². The van der Waals surface area contributed by atoms with Crippen molar-refractivity contribution in [3.8, 4) is 5.75 Å². The standard InChI is InChI=1S/C18H22FNO/c1-4-14(2)20(13-15-5-7-16(19)8-6-15)17-9-11-18(21-3)12-10-17/h5-12,14H,4,13H2,1-3H3. The maximum atomic E-state index is 13.0. The number of nitrogens with zero attached hydrogens (tertiary/aromatic N) is 1. The molecule has 1 atom stereocenters. The van der Waals surface area contributed by atoms with Crippen LogP contribution in [0.3, 0.4) is 0 Å². The van der Waals surface area contributed by atoms with Crippen LogP contribution < -0.4 is 9.64 Å². The van der Waals surface area contributed by atoms with E-state index in [0.717, 1.165) is 30.0 Å². The van der Waals surface area contributed by atoms with Gasteiger partial charge in [0.15, 0.2) is 0 Å². The van der Waals surface area contributed by atoms with Gasteiger partial charge in [0, 0.05) is 18.3 Å². The van der Waals surface area contributed by atoms with Gasteiger partial charge in [0.1, 0.15) is 11.6 Å². The van der Waals surface area contributed by atoms with Crippen LogP contribution in [-0.4, -0.2) is 13.2 Å². The lowest BCUT2D eigenvalue weighted by atomic mass is 10.1. The summed E-state index contributed by atoms with van der Waals surface area (Å²) in [6.45, 7) is 5.14. The van der Waals surface area contributed by atoms with E-state index in [9.17, 15) is 4.39 Å². The lowest BCUT2D eigenvalue weighted by Crippen LogP contribution is -2.31. The average Bonchev–Trinajstić information content (AvgIpc) is 2.54.